The number of urea groups is 1. The van der Waals surface area contributed by atoms with E-state index in [1.54, 1.807) is 35.6 Å². The van der Waals surface area contributed by atoms with Crippen LogP contribution in [-0.4, -0.2) is 38.2 Å². The highest BCUT2D eigenvalue weighted by Gasteiger charge is 2.31. The van der Waals surface area contributed by atoms with Crippen molar-refractivity contribution >= 4 is 38.8 Å². The number of likely N-dealkylation sites (tertiary alicyclic amines) is 1. The van der Waals surface area contributed by atoms with Crippen LogP contribution in [0.3, 0.4) is 0 Å². The van der Waals surface area contributed by atoms with Crippen molar-refractivity contribution in [3.05, 3.63) is 46.7 Å². The molecule has 138 valence electrons. The monoisotopic (exact) mass is 391 g/mol. The topological polar surface area (TPSA) is 69.7 Å². The zero-order valence-electron chi connectivity index (χ0n) is 14.3. The molecule has 0 aliphatic carbocycles. The lowest BCUT2D eigenvalue weighted by Gasteiger charge is -2.24. The minimum Gasteiger partial charge on any atom is -0.317 e. The number of nitrogens with zero attached hydrogens (tertiary/aromatic N) is 2. The molecule has 1 aromatic heterocycles. The van der Waals surface area contributed by atoms with Gasteiger partial charge in [0, 0.05) is 18.8 Å². The standard InChI is InChI=1S/C18H21N3O3S2/c22-18(20-9-1-3-17(20)14-8-11-25-13-14)19-15-4-6-16(7-5-15)21-10-2-12-26(21,23)24/h4-8,11,13,17H,1-3,9-10,12H2,(H,19,22)/t17-/m1/s1. The number of carbonyl (C=O) groups excluding carboxylic acids is 1. The molecule has 0 unspecified atom stereocenters. The number of hydrogen-bond acceptors (Lipinski definition) is 4. The van der Waals surface area contributed by atoms with Crippen LogP contribution in [0.4, 0.5) is 16.2 Å². The molecule has 2 fully saturated rings. The Morgan fingerprint density at radius 2 is 1.92 bits per heavy atom. The maximum absolute atomic E-state index is 12.7. The van der Waals surface area contributed by atoms with Gasteiger partial charge in [0.1, 0.15) is 0 Å². The summed E-state index contributed by atoms with van der Waals surface area (Å²) in [4.78, 5) is 14.6. The summed E-state index contributed by atoms with van der Waals surface area (Å²) in [5, 5.41) is 7.07. The van der Waals surface area contributed by atoms with Gasteiger partial charge in [0.05, 0.1) is 17.5 Å². The number of sulfonamides is 1. The Labute approximate surface area is 157 Å². The maximum Gasteiger partial charge on any atom is 0.322 e. The summed E-state index contributed by atoms with van der Waals surface area (Å²) >= 11 is 1.65. The Morgan fingerprint density at radius 3 is 2.58 bits per heavy atom. The summed E-state index contributed by atoms with van der Waals surface area (Å²) in [6.45, 7) is 1.26. The van der Waals surface area contributed by atoms with E-state index in [2.05, 4.69) is 16.8 Å². The zero-order valence-corrected chi connectivity index (χ0v) is 15.9. The Morgan fingerprint density at radius 1 is 1.12 bits per heavy atom. The van der Waals surface area contributed by atoms with E-state index in [1.807, 2.05) is 10.3 Å². The number of anilines is 2. The van der Waals surface area contributed by atoms with Crippen molar-refractivity contribution in [1.29, 1.82) is 0 Å². The molecular formula is C18H21N3O3S2. The van der Waals surface area contributed by atoms with Crippen molar-refractivity contribution in [2.45, 2.75) is 25.3 Å². The Kier molecular flexibility index (Phi) is 4.62. The molecule has 0 saturated carbocycles. The van der Waals surface area contributed by atoms with Gasteiger partial charge in [0.15, 0.2) is 0 Å². The zero-order chi connectivity index (χ0) is 18.1. The normalized spacial score (nSPS) is 21.9. The molecule has 2 aliphatic heterocycles. The molecule has 1 atom stereocenters. The minimum absolute atomic E-state index is 0.111. The van der Waals surface area contributed by atoms with E-state index in [1.165, 1.54) is 9.87 Å². The van der Waals surface area contributed by atoms with Crippen molar-refractivity contribution in [3.8, 4) is 0 Å². The van der Waals surface area contributed by atoms with Crippen LogP contribution in [-0.2, 0) is 10.0 Å². The number of amides is 2. The summed E-state index contributed by atoms with van der Waals surface area (Å²) in [6, 6.07) is 9.12. The first-order valence-electron chi connectivity index (χ1n) is 8.75. The molecule has 6 nitrogen and oxygen atoms in total. The van der Waals surface area contributed by atoms with Crippen LogP contribution in [0.25, 0.3) is 0 Å². The van der Waals surface area contributed by atoms with E-state index in [9.17, 15) is 13.2 Å². The third-order valence-electron chi connectivity index (χ3n) is 4.95. The quantitative estimate of drug-likeness (QED) is 0.868. The molecule has 0 bridgehead atoms. The van der Waals surface area contributed by atoms with E-state index < -0.39 is 10.0 Å². The fourth-order valence-electron chi connectivity index (χ4n) is 3.66. The van der Waals surface area contributed by atoms with Crippen LogP contribution >= 0.6 is 11.3 Å². The van der Waals surface area contributed by atoms with E-state index in [-0.39, 0.29) is 17.8 Å². The molecule has 8 heteroatoms. The highest BCUT2D eigenvalue weighted by atomic mass is 32.2. The average molecular weight is 392 g/mol. The molecule has 3 heterocycles. The van der Waals surface area contributed by atoms with Crippen LogP contribution < -0.4 is 9.62 Å². The van der Waals surface area contributed by atoms with Gasteiger partial charge in [-0.25, -0.2) is 13.2 Å². The van der Waals surface area contributed by atoms with Crippen LogP contribution in [0.2, 0.25) is 0 Å². The van der Waals surface area contributed by atoms with Crippen LogP contribution in [0.15, 0.2) is 41.1 Å². The summed E-state index contributed by atoms with van der Waals surface area (Å²) < 4.78 is 25.4. The number of thiophene rings is 1. The Hall–Kier alpha value is -2.06. The second kappa shape index (κ2) is 6.92. The molecule has 2 aliphatic rings. The molecule has 1 aromatic carbocycles. The highest BCUT2D eigenvalue weighted by Crippen LogP contribution is 2.33. The third kappa shape index (κ3) is 3.31. The predicted octanol–water partition coefficient (Wildman–Crippen LogP) is 3.66. The largest absolute Gasteiger partial charge is 0.322 e. The van der Waals surface area contributed by atoms with Crippen LogP contribution in [0.1, 0.15) is 30.9 Å². The van der Waals surface area contributed by atoms with Gasteiger partial charge < -0.3 is 10.2 Å². The smallest absolute Gasteiger partial charge is 0.317 e. The minimum atomic E-state index is -3.18. The average Bonchev–Trinajstić information content (AvgIpc) is 3.35. The first-order chi connectivity index (χ1) is 12.5. The molecule has 0 radical (unpaired) electrons. The first kappa shape index (κ1) is 17.4. The van der Waals surface area contributed by atoms with Crippen molar-refractivity contribution < 1.29 is 13.2 Å². The van der Waals surface area contributed by atoms with E-state index in [0.717, 1.165) is 19.4 Å². The molecule has 4 rings (SSSR count). The van der Waals surface area contributed by atoms with Gasteiger partial charge >= 0.3 is 6.03 Å². The second-order valence-electron chi connectivity index (χ2n) is 6.63. The van der Waals surface area contributed by atoms with Crippen LogP contribution in [0, 0.1) is 0 Å². The molecular weight excluding hydrogens is 370 g/mol. The number of hydrogen-bond donors (Lipinski definition) is 1. The molecule has 26 heavy (non-hydrogen) atoms. The van der Waals surface area contributed by atoms with Gasteiger partial charge in [0.25, 0.3) is 0 Å². The van der Waals surface area contributed by atoms with Crippen molar-refractivity contribution in [2.24, 2.45) is 0 Å². The van der Waals surface area contributed by atoms with Gasteiger partial charge in [-0.2, -0.15) is 11.3 Å². The van der Waals surface area contributed by atoms with E-state index in [4.69, 9.17) is 0 Å². The van der Waals surface area contributed by atoms with Crippen molar-refractivity contribution in [3.63, 3.8) is 0 Å². The SMILES string of the molecule is O=C(Nc1ccc(N2CCCS2(=O)=O)cc1)N1CCC[C@@H]1c1ccsc1. The third-order valence-corrected chi connectivity index (χ3v) is 7.52. The van der Waals surface area contributed by atoms with E-state index >= 15 is 0 Å². The summed E-state index contributed by atoms with van der Waals surface area (Å²) in [6.07, 6.45) is 2.63. The Balaban J connectivity index is 1.45. The summed E-state index contributed by atoms with van der Waals surface area (Å²) in [7, 11) is -3.18. The number of carbonyl (C=O) groups is 1. The highest BCUT2D eigenvalue weighted by molar-refractivity contribution is 7.93. The lowest BCUT2D eigenvalue weighted by molar-refractivity contribution is 0.207. The van der Waals surface area contributed by atoms with Gasteiger partial charge in [-0.15, -0.1) is 0 Å². The molecule has 2 aromatic rings. The lowest BCUT2D eigenvalue weighted by Crippen LogP contribution is -2.34. The fraction of sp³-hybridized carbons (Fsp3) is 0.389. The Bertz CT molecular complexity index is 879. The van der Waals surface area contributed by atoms with Gasteiger partial charge in [0.2, 0.25) is 10.0 Å². The van der Waals surface area contributed by atoms with Gasteiger partial charge in [-0.3, -0.25) is 4.31 Å². The lowest BCUT2D eigenvalue weighted by atomic mass is 10.1. The van der Waals surface area contributed by atoms with Crippen molar-refractivity contribution in [1.82, 2.24) is 4.90 Å². The maximum atomic E-state index is 12.7. The molecule has 1 N–H and O–H groups in total. The van der Waals surface area contributed by atoms with Gasteiger partial charge in [-0.05, 0) is 65.9 Å². The number of rotatable bonds is 3. The molecule has 2 saturated heterocycles. The number of benzene rings is 1. The fourth-order valence-corrected chi connectivity index (χ4v) is 5.93. The molecule has 2 amide bonds. The van der Waals surface area contributed by atoms with Crippen LogP contribution in [0.5, 0.6) is 0 Å². The molecule has 0 spiro atoms. The van der Waals surface area contributed by atoms with Crippen molar-refractivity contribution in [2.75, 3.05) is 28.5 Å². The number of nitrogens with one attached hydrogen (secondary N) is 1. The summed E-state index contributed by atoms with van der Waals surface area (Å²) in [5.41, 5.74) is 2.52. The van der Waals surface area contributed by atoms with Gasteiger partial charge in [-0.1, -0.05) is 0 Å². The second-order valence-corrected chi connectivity index (χ2v) is 9.42. The van der Waals surface area contributed by atoms with E-state index in [0.29, 0.717) is 24.3 Å². The summed E-state index contributed by atoms with van der Waals surface area (Å²) in [5.74, 6) is 0.199. The predicted molar refractivity (Wildman–Crippen MR) is 104 cm³/mol. The first-order valence-corrected chi connectivity index (χ1v) is 11.3.